The number of nitrogens with zero attached hydrogens (tertiary/aromatic N) is 2. The van der Waals surface area contributed by atoms with E-state index < -0.39 is 5.91 Å². The highest BCUT2D eigenvalue weighted by Gasteiger charge is 2.14. The van der Waals surface area contributed by atoms with Gasteiger partial charge in [0.05, 0.1) is 18.8 Å². The van der Waals surface area contributed by atoms with Crippen molar-refractivity contribution in [2.45, 2.75) is 6.61 Å². The summed E-state index contributed by atoms with van der Waals surface area (Å²) in [5, 5.41) is 20.5. The molecule has 0 unspecified atom stereocenters. The summed E-state index contributed by atoms with van der Waals surface area (Å²) in [7, 11) is 0. The molecule has 2 aromatic rings. The molecule has 0 aliphatic carbocycles. The number of pyridine rings is 1. The number of rotatable bonds is 4. The van der Waals surface area contributed by atoms with E-state index in [1.807, 2.05) is 0 Å². The molecular formula is C10H12BrN5O3. The first-order valence-electron chi connectivity index (χ1n) is 5.30. The van der Waals surface area contributed by atoms with Gasteiger partial charge in [0, 0.05) is 10.7 Å². The molecule has 1 amide bonds. The van der Waals surface area contributed by atoms with Crippen molar-refractivity contribution >= 4 is 39.0 Å². The first kappa shape index (κ1) is 13.6. The van der Waals surface area contributed by atoms with Crippen molar-refractivity contribution in [3.63, 3.8) is 0 Å². The van der Waals surface area contributed by atoms with Crippen LogP contribution in [0.1, 0.15) is 5.69 Å². The van der Waals surface area contributed by atoms with E-state index in [9.17, 15) is 9.90 Å². The minimum Gasteiger partial charge on any atom is -0.396 e. The van der Waals surface area contributed by atoms with E-state index in [-0.39, 0.29) is 13.2 Å². The van der Waals surface area contributed by atoms with E-state index >= 15 is 0 Å². The third kappa shape index (κ3) is 2.62. The Bertz CT molecular complexity index is 627. The second kappa shape index (κ2) is 5.43. The van der Waals surface area contributed by atoms with Crippen LogP contribution in [0.15, 0.2) is 16.7 Å². The number of hydrogen-bond acceptors (Lipinski definition) is 6. The summed E-state index contributed by atoms with van der Waals surface area (Å²) in [6.07, 6.45) is 1.71. The smallest absolute Gasteiger partial charge is 0.262 e. The number of hydroxylamine groups is 1. The van der Waals surface area contributed by atoms with E-state index in [1.54, 1.807) is 16.7 Å². The molecule has 0 aliphatic rings. The second-order valence-electron chi connectivity index (χ2n) is 3.76. The predicted molar refractivity (Wildman–Crippen MR) is 71.6 cm³/mol. The Balaban J connectivity index is 2.47. The van der Waals surface area contributed by atoms with Gasteiger partial charge in [0.25, 0.3) is 5.91 Å². The fourth-order valence-corrected chi connectivity index (χ4v) is 2.13. The average Bonchev–Trinajstić information content (AvgIpc) is 2.74. The molecule has 0 saturated carbocycles. The number of carbonyl (C=O) groups is 1. The van der Waals surface area contributed by atoms with Gasteiger partial charge in [-0.05, 0) is 22.0 Å². The largest absolute Gasteiger partial charge is 0.396 e. The zero-order chi connectivity index (χ0) is 14.0. The number of nitrogen functional groups attached to an aromatic ring is 1. The number of aromatic nitrogens is 2. The maximum Gasteiger partial charge on any atom is 0.262 e. The molecule has 2 aromatic heterocycles. The lowest BCUT2D eigenvalue weighted by Gasteiger charge is -2.07. The van der Waals surface area contributed by atoms with Gasteiger partial charge in [-0.15, -0.1) is 0 Å². The first-order chi connectivity index (χ1) is 9.06. The third-order valence-corrected chi connectivity index (χ3v) is 2.91. The van der Waals surface area contributed by atoms with Crippen molar-refractivity contribution in [3.05, 3.63) is 22.4 Å². The van der Waals surface area contributed by atoms with Crippen LogP contribution in [0.5, 0.6) is 0 Å². The van der Waals surface area contributed by atoms with Crippen LogP contribution >= 0.6 is 15.9 Å². The lowest BCUT2D eigenvalue weighted by Crippen LogP contribution is -2.27. The molecule has 6 N–H and O–H groups in total. The molecule has 0 bridgehead atoms. The maximum absolute atomic E-state index is 11.0. The molecule has 2 rings (SSSR count). The Hall–Kier alpha value is -1.84. The maximum atomic E-state index is 11.0. The molecule has 0 saturated heterocycles. The molecule has 0 aromatic carbocycles. The highest BCUT2D eigenvalue weighted by atomic mass is 79.9. The molecule has 0 aliphatic heterocycles. The highest BCUT2D eigenvalue weighted by molar-refractivity contribution is 9.10. The summed E-state index contributed by atoms with van der Waals surface area (Å²) in [6.45, 7) is -0.467. The first-order valence-corrected chi connectivity index (χ1v) is 6.09. The van der Waals surface area contributed by atoms with Gasteiger partial charge in [0.2, 0.25) is 0 Å². The summed E-state index contributed by atoms with van der Waals surface area (Å²) in [5.74, 6) is -0.170. The number of carbonyl (C=O) groups excluding carboxylic acids is 1. The minimum atomic E-state index is -0.609. The summed E-state index contributed by atoms with van der Waals surface area (Å²) < 4.78 is 2.35. The van der Waals surface area contributed by atoms with Gasteiger partial charge in [-0.3, -0.25) is 14.4 Å². The zero-order valence-corrected chi connectivity index (χ0v) is 11.3. The monoisotopic (exact) mass is 329 g/mol. The molecule has 102 valence electrons. The predicted octanol–water partition coefficient (Wildman–Crippen LogP) is 0.0886. The lowest BCUT2D eigenvalue weighted by atomic mass is 10.4. The molecule has 0 radical (unpaired) electrons. The van der Waals surface area contributed by atoms with Crippen molar-refractivity contribution in [3.8, 4) is 0 Å². The van der Waals surface area contributed by atoms with Gasteiger partial charge in [0.15, 0.2) is 5.65 Å². The van der Waals surface area contributed by atoms with E-state index in [2.05, 4.69) is 26.2 Å². The van der Waals surface area contributed by atoms with Crippen LogP contribution in [0.4, 0.5) is 11.5 Å². The molecule has 0 atom stereocenters. The number of aliphatic hydroxyl groups excluding tert-OH is 1. The molecule has 0 fully saturated rings. The summed E-state index contributed by atoms with van der Waals surface area (Å²) in [5.41, 5.74) is 8.60. The number of fused-ring (bicyclic) bond motifs is 1. The van der Waals surface area contributed by atoms with Gasteiger partial charge >= 0.3 is 0 Å². The van der Waals surface area contributed by atoms with Crippen LogP contribution in [0, 0.1) is 0 Å². The van der Waals surface area contributed by atoms with Crippen LogP contribution < -0.4 is 16.5 Å². The zero-order valence-electron chi connectivity index (χ0n) is 9.72. The van der Waals surface area contributed by atoms with Gasteiger partial charge in [-0.2, -0.15) is 0 Å². The van der Waals surface area contributed by atoms with Gasteiger partial charge in [-0.1, -0.05) is 0 Å². The molecule has 19 heavy (non-hydrogen) atoms. The minimum absolute atomic E-state index is 0.163. The summed E-state index contributed by atoms with van der Waals surface area (Å²) in [4.78, 5) is 15.2. The van der Waals surface area contributed by atoms with E-state index in [1.165, 1.54) is 5.48 Å². The van der Waals surface area contributed by atoms with Crippen LogP contribution in [0.25, 0.3) is 5.65 Å². The Labute approximate surface area is 116 Å². The Morgan fingerprint density at radius 1 is 1.58 bits per heavy atom. The van der Waals surface area contributed by atoms with E-state index in [0.717, 1.165) is 4.47 Å². The number of hydrogen-bond donors (Lipinski definition) is 5. The molecule has 8 nitrogen and oxygen atoms in total. The standard InChI is InChI=1S/C10H12BrN5O3/c11-5-1-6(12)9-14-7(4-17)10(16(9)3-5)13-2-8(18)15-19/h1,3,13,17,19H,2,4,12H2,(H,15,18). The molecule has 2 heterocycles. The Kier molecular flexibility index (Phi) is 3.88. The quantitative estimate of drug-likeness (QED) is 0.400. The Morgan fingerprint density at radius 2 is 2.32 bits per heavy atom. The van der Waals surface area contributed by atoms with Crippen molar-refractivity contribution in [1.82, 2.24) is 14.9 Å². The summed E-state index contributed by atoms with van der Waals surface area (Å²) >= 11 is 3.30. The van der Waals surface area contributed by atoms with Crippen LogP contribution in [-0.2, 0) is 11.4 Å². The topological polar surface area (TPSA) is 125 Å². The number of amides is 1. The van der Waals surface area contributed by atoms with Gasteiger partial charge in [-0.25, -0.2) is 10.5 Å². The second-order valence-corrected chi connectivity index (χ2v) is 4.68. The highest BCUT2D eigenvalue weighted by Crippen LogP contribution is 2.25. The van der Waals surface area contributed by atoms with E-state index in [0.29, 0.717) is 22.8 Å². The number of aliphatic hydroxyl groups is 1. The SMILES string of the molecule is Nc1cc(Br)cn2c(NCC(=O)NO)c(CO)nc12. The molecule has 9 heteroatoms. The van der Waals surface area contributed by atoms with E-state index in [4.69, 9.17) is 10.9 Å². The van der Waals surface area contributed by atoms with Gasteiger partial charge < -0.3 is 16.2 Å². The fraction of sp³-hybridized carbons (Fsp3) is 0.200. The molecule has 0 spiro atoms. The number of imidazole rings is 1. The molecular weight excluding hydrogens is 318 g/mol. The van der Waals surface area contributed by atoms with Crippen LogP contribution in [0.3, 0.4) is 0 Å². The van der Waals surface area contributed by atoms with Crippen LogP contribution in [0.2, 0.25) is 0 Å². The van der Waals surface area contributed by atoms with Crippen molar-refractivity contribution in [1.29, 1.82) is 0 Å². The number of halogens is 1. The third-order valence-electron chi connectivity index (χ3n) is 2.48. The van der Waals surface area contributed by atoms with Crippen molar-refractivity contribution in [2.24, 2.45) is 0 Å². The average molecular weight is 330 g/mol. The Morgan fingerprint density at radius 3 is 2.95 bits per heavy atom. The van der Waals surface area contributed by atoms with Gasteiger partial charge in [0.1, 0.15) is 11.5 Å². The lowest BCUT2D eigenvalue weighted by molar-refractivity contribution is -0.127. The number of anilines is 2. The number of nitrogens with one attached hydrogen (secondary N) is 2. The fourth-order valence-electron chi connectivity index (χ4n) is 1.68. The summed E-state index contributed by atoms with van der Waals surface area (Å²) in [6, 6.07) is 1.69. The van der Waals surface area contributed by atoms with Crippen molar-refractivity contribution in [2.75, 3.05) is 17.6 Å². The van der Waals surface area contributed by atoms with Crippen molar-refractivity contribution < 1.29 is 15.1 Å². The number of nitrogens with two attached hydrogens (primary N) is 1. The normalized spacial score (nSPS) is 10.7. The van der Waals surface area contributed by atoms with Crippen LogP contribution in [-0.4, -0.2) is 32.2 Å².